The van der Waals surface area contributed by atoms with E-state index in [9.17, 15) is 13.5 Å². The molecule has 0 bridgehead atoms. The molecule has 6 nitrogen and oxygen atoms in total. The average molecular weight is 327 g/mol. The number of rotatable bonds is 6. The predicted molar refractivity (Wildman–Crippen MR) is 86.2 cm³/mol. The first-order chi connectivity index (χ1) is 10.3. The number of nitrogens with one attached hydrogen (secondary N) is 1. The highest BCUT2D eigenvalue weighted by Gasteiger charge is 2.23. The van der Waals surface area contributed by atoms with Gasteiger partial charge in [-0.15, -0.1) is 0 Å². The zero-order valence-electron chi connectivity index (χ0n) is 13.2. The third-order valence-electron chi connectivity index (χ3n) is 4.03. The Morgan fingerprint density at radius 3 is 2.91 bits per heavy atom. The van der Waals surface area contributed by atoms with Gasteiger partial charge in [0.15, 0.2) is 0 Å². The molecule has 1 atom stereocenters. The van der Waals surface area contributed by atoms with Crippen LogP contribution in [0.1, 0.15) is 37.1 Å². The fraction of sp³-hybridized carbons (Fsp3) is 0.667. The average Bonchev–Trinajstić information content (AvgIpc) is 2.43. The first kappa shape index (κ1) is 17.2. The molecule has 0 aliphatic carbocycles. The number of aryl methyl sites for hydroxylation is 1. The highest BCUT2D eigenvalue weighted by molar-refractivity contribution is 7.88. The molecule has 0 spiro atoms. The van der Waals surface area contributed by atoms with Crippen molar-refractivity contribution in [2.75, 3.05) is 19.3 Å². The molecule has 2 heterocycles. The summed E-state index contributed by atoms with van der Waals surface area (Å²) in [6.07, 6.45) is 5.30. The first-order valence-corrected chi connectivity index (χ1v) is 9.58. The van der Waals surface area contributed by atoms with Gasteiger partial charge in [-0.05, 0) is 44.9 Å². The summed E-state index contributed by atoms with van der Waals surface area (Å²) in [5.41, 5.74) is 1.59. The lowest BCUT2D eigenvalue weighted by atomic mass is 9.99. The Bertz CT molecular complexity index is 604. The fourth-order valence-electron chi connectivity index (χ4n) is 2.92. The van der Waals surface area contributed by atoms with E-state index in [2.05, 4.69) is 14.6 Å². The fourth-order valence-corrected chi connectivity index (χ4v) is 3.41. The van der Waals surface area contributed by atoms with Crippen LogP contribution in [0.2, 0.25) is 0 Å². The number of hydrogen-bond donors (Lipinski definition) is 2. The molecule has 22 heavy (non-hydrogen) atoms. The Hall–Kier alpha value is -1.18. The van der Waals surface area contributed by atoms with Crippen LogP contribution in [0.15, 0.2) is 12.1 Å². The van der Waals surface area contributed by atoms with Crippen molar-refractivity contribution in [2.45, 2.75) is 45.2 Å². The van der Waals surface area contributed by atoms with E-state index < -0.39 is 10.0 Å². The second-order valence-electron chi connectivity index (χ2n) is 5.99. The predicted octanol–water partition coefficient (Wildman–Crippen LogP) is 1.39. The molecule has 124 valence electrons. The van der Waals surface area contributed by atoms with E-state index in [1.54, 1.807) is 12.1 Å². The van der Waals surface area contributed by atoms with Crippen molar-refractivity contribution in [3.05, 3.63) is 23.5 Å². The van der Waals surface area contributed by atoms with Crippen molar-refractivity contribution in [3.63, 3.8) is 0 Å². The monoisotopic (exact) mass is 327 g/mol. The van der Waals surface area contributed by atoms with Gasteiger partial charge in [0.05, 0.1) is 11.9 Å². The number of piperidine rings is 1. The Morgan fingerprint density at radius 1 is 1.41 bits per heavy atom. The van der Waals surface area contributed by atoms with E-state index in [0.717, 1.165) is 37.9 Å². The maximum Gasteiger partial charge on any atom is 0.208 e. The standard InChI is InChI=1S/C15H25N3O3S/c1-12-6-7-15(19)14(17-12)11-18-10-4-3-5-13(18)8-9-16-22(2,20)21/h6-7,13,16,19H,3-5,8-11H2,1-2H3. The van der Waals surface area contributed by atoms with Gasteiger partial charge in [0.25, 0.3) is 0 Å². The number of aromatic hydroxyl groups is 1. The second-order valence-corrected chi connectivity index (χ2v) is 7.83. The maximum atomic E-state index is 11.2. The molecule has 0 saturated carbocycles. The highest BCUT2D eigenvalue weighted by atomic mass is 32.2. The van der Waals surface area contributed by atoms with Crippen molar-refractivity contribution in [3.8, 4) is 5.75 Å². The topological polar surface area (TPSA) is 82.5 Å². The molecular weight excluding hydrogens is 302 g/mol. The lowest BCUT2D eigenvalue weighted by Gasteiger charge is -2.35. The van der Waals surface area contributed by atoms with Crippen LogP contribution in [-0.2, 0) is 16.6 Å². The van der Waals surface area contributed by atoms with Gasteiger partial charge in [-0.25, -0.2) is 13.1 Å². The molecule has 1 aliphatic heterocycles. The minimum atomic E-state index is -3.13. The van der Waals surface area contributed by atoms with Gasteiger partial charge in [0.1, 0.15) is 5.75 Å². The van der Waals surface area contributed by atoms with E-state index in [1.807, 2.05) is 6.92 Å². The van der Waals surface area contributed by atoms with Gasteiger partial charge in [0.2, 0.25) is 10.0 Å². The number of aromatic nitrogens is 1. The molecule has 1 aliphatic rings. The minimum absolute atomic E-state index is 0.226. The molecule has 1 aromatic rings. The van der Waals surface area contributed by atoms with Gasteiger partial charge in [-0.1, -0.05) is 6.42 Å². The van der Waals surface area contributed by atoms with Crippen LogP contribution in [0, 0.1) is 6.92 Å². The summed E-state index contributed by atoms with van der Waals surface area (Å²) in [6, 6.07) is 3.80. The number of pyridine rings is 1. The molecule has 2 rings (SSSR count). The van der Waals surface area contributed by atoms with Crippen molar-refractivity contribution in [1.82, 2.24) is 14.6 Å². The Kier molecular flexibility index (Phi) is 5.77. The van der Waals surface area contributed by atoms with Gasteiger partial charge in [-0.3, -0.25) is 9.88 Å². The van der Waals surface area contributed by atoms with Crippen LogP contribution in [-0.4, -0.2) is 48.8 Å². The van der Waals surface area contributed by atoms with E-state index in [-0.39, 0.29) is 5.75 Å². The zero-order valence-corrected chi connectivity index (χ0v) is 14.1. The van der Waals surface area contributed by atoms with Crippen LogP contribution < -0.4 is 4.72 Å². The number of sulfonamides is 1. The first-order valence-electron chi connectivity index (χ1n) is 7.69. The van der Waals surface area contributed by atoms with Crippen LogP contribution >= 0.6 is 0 Å². The third-order valence-corrected chi connectivity index (χ3v) is 4.76. The van der Waals surface area contributed by atoms with Crippen LogP contribution in [0.3, 0.4) is 0 Å². The van der Waals surface area contributed by atoms with Crippen LogP contribution in [0.5, 0.6) is 5.75 Å². The molecule has 2 N–H and O–H groups in total. The molecule has 0 aromatic carbocycles. The molecular formula is C15H25N3O3S. The quantitative estimate of drug-likeness (QED) is 0.825. The molecule has 0 amide bonds. The third kappa shape index (κ3) is 5.23. The van der Waals surface area contributed by atoms with Crippen molar-refractivity contribution in [2.24, 2.45) is 0 Å². The Balaban J connectivity index is 1.98. The van der Waals surface area contributed by atoms with Gasteiger partial charge in [-0.2, -0.15) is 0 Å². The zero-order chi connectivity index (χ0) is 16.2. The van der Waals surface area contributed by atoms with E-state index >= 15 is 0 Å². The number of hydrogen-bond acceptors (Lipinski definition) is 5. The molecule has 1 fully saturated rings. The van der Waals surface area contributed by atoms with Crippen molar-refractivity contribution in [1.29, 1.82) is 0 Å². The molecule has 1 unspecified atom stereocenters. The lowest BCUT2D eigenvalue weighted by molar-refractivity contribution is 0.130. The second kappa shape index (κ2) is 7.39. The largest absolute Gasteiger partial charge is 0.506 e. The van der Waals surface area contributed by atoms with Crippen LogP contribution in [0.25, 0.3) is 0 Å². The summed E-state index contributed by atoms with van der Waals surface area (Å²) < 4.78 is 24.9. The van der Waals surface area contributed by atoms with Gasteiger partial charge in [0, 0.05) is 24.8 Å². The molecule has 0 radical (unpaired) electrons. The molecule has 1 saturated heterocycles. The normalized spacial score (nSPS) is 20.2. The van der Waals surface area contributed by atoms with Gasteiger partial charge >= 0.3 is 0 Å². The van der Waals surface area contributed by atoms with Crippen LogP contribution in [0.4, 0.5) is 0 Å². The Morgan fingerprint density at radius 2 is 2.18 bits per heavy atom. The maximum absolute atomic E-state index is 11.2. The smallest absolute Gasteiger partial charge is 0.208 e. The van der Waals surface area contributed by atoms with E-state index in [4.69, 9.17) is 0 Å². The number of likely N-dealkylation sites (tertiary alicyclic amines) is 1. The molecule has 1 aromatic heterocycles. The SMILES string of the molecule is Cc1ccc(O)c(CN2CCCCC2CCNS(C)(=O)=O)n1. The van der Waals surface area contributed by atoms with Crippen molar-refractivity contribution < 1.29 is 13.5 Å². The summed E-state index contributed by atoms with van der Waals surface area (Å²) >= 11 is 0. The summed E-state index contributed by atoms with van der Waals surface area (Å²) in [4.78, 5) is 6.72. The number of nitrogens with zero attached hydrogens (tertiary/aromatic N) is 2. The minimum Gasteiger partial charge on any atom is -0.506 e. The van der Waals surface area contributed by atoms with Crippen molar-refractivity contribution >= 4 is 10.0 Å². The summed E-state index contributed by atoms with van der Waals surface area (Å²) in [5, 5.41) is 9.95. The Labute approximate surface area is 132 Å². The van der Waals surface area contributed by atoms with E-state index in [0.29, 0.717) is 24.8 Å². The highest BCUT2D eigenvalue weighted by Crippen LogP contribution is 2.24. The summed E-state index contributed by atoms with van der Waals surface area (Å²) in [6.45, 7) is 3.93. The molecule has 7 heteroatoms. The summed E-state index contributed by atoms with van der Waals surface area (Å²) in [7, 11) is -3.13. The summed E-state index contributed by atoms with van der Waals surface area (Å²) in [5.74, 6) is 0.226. The van der Waals surface area contributed by atoms with Gasteiger partial charge < -0.3 is 5.11 Å². The van der Waals surface area contributed by atoms with E-state index in [1.165, 1.54) is 6.26 Å². The lowest BCUT2D eigenvalue weighted by Crippen LogP contribution is -2.41.